The number of nitrogens with one attached hydrogen (secondary N) is 1. The van der Waals surface area contributed by atoms with Crippen LogP contribution in [0.1, 0.15) is 28.8 Å². The van der Waals surface area contributed by atoms with Crippen molar-refractivity contribution >= 4 is 23.3 Å². The molecule has 1 N–H and O–H groups in total. The van der Waals surface area contributed by atoms with Gasteiger partial charge < -0.3 is 15.0 Å². The van der Waals surface area contributed by atoms with Crippen molar-refractivity contribution in [3.05, 3.63) is 100 Å². The monoisotopic (exact) mass is 459 g/mol. The number of carbonyl (C=O) groups excluding carboxylic acids is 2. The van der Waals surface area contributed by atoms with Crippen LogP contribution in [0, 0.1) is 16.0 Å². The van der Waals surface area contributed by atoms with Crippen molar-refractivity contribution in [1.29, 1.82) is 0 Å². The summed E-state index contributed by atoms with van der Waals surface area (Å²) in [4.78, 5) is 38.1. The average molecular weight is 460 g/mol. The van der Waals surface area contributed by atoms with E-state index in [2.05, 4.69) is 5.32 Å². The van der Waals surface area contributed by atoms with Crippen molar-refractivity contribution in [2.45, 2.75) is 19.4 Å². The van der Waals surface area contributed by atoms with E-state index in [4.69, 9.17) is 4.74 Å². The van der Waals surface area contributed by atoms with E-state index in [0.29, 0.717) is 49.5 Å². The van der Waals surface area contributed by atoms with Gasteiger partial charge in [-0.3, -0.25) is 19.7 Å². The summed E-state index contributed by atoms with van der Waals surface area (Å²) >= 11 is 0. The van der Waals surface area contributed by atoms with Crippen LogP contribution in [0.5, 0.6) is 5.75 Å². The second kappa shape index (κ2) is 10.6. The lowest BCUT2D eigenvalue weighted by Gasteiger charge is -2.32. The molecule has 3 aromatic rings. The second-order valence-electron chi connectivity index (χ2n) is 8.12. The van der Waals surface area contributed by atoms with Gasteiger partial charge in [0.15, 0.2) is 0 Å². The third-order valence-electron chi connectivity index (χ3n) is 5.86. The van der Waals surface area contributed by atoms with Crippen molar-refractivity contribution in [3.63, 3.8) is 0 Å². The number of carbonyl (C=O) groups is 2. The average Bonchev–Trinajstić information content (AvgIpc) is 2.88. The first-order valence-electron chi connectivity index (χ1n) is 11.1. The molecule has 0 bridgehead atoms. The van der Waals surface area contributed by atoms with Crippen LogP contribution >= 0.6 is 0 Å². The Balaban J connectivity index is 1.32. The Morgan fingerprint density at radius 2 is 1.68 bits per heavy atom. The highest BCUT2D eigenvalue weighted by Gasteiger charge is 2.29. The molecule has 4 rings (SSSR count). The molecule has 0 unspecified atom stereocenters. The van der Waals surface area contributed by atoms with E-state index in [1.807, 2.05) is 35.2 Å². The number of ether oxygens (including phenoxy) is 1. The maximum Gasteiger partial charge on any atom is 0.314 e. The largest absolute Gasteiger partial charge is 0.426 e. The Morgan fingerprint density at radius 1 is 0.971 bits per heavy atom. The molecule has 0 spiro atoms. The smallest absolute Gasteiger partial charge is 0.314 e. The predicted octanol–water partition coefficient (Wildman–Crippen LogP) is 4.35. The van der Waals surface area contributed by atoms with Crippen LogP contribution in [0.4, 0.5) is 11.4 Å². The summed E-state index contributed by atoms with van der Waals surface area (Å²) in [6.07, 6.45) is 1.06. The summed E-state index contributed by atoms with van der Waals surface area (Å²) in [5.74, 6) is -0.600. The molecule has 0 saturated carbocycles. The minimum Gasteiger partial charge on any atom is -0.426 e. The molecular weight excluding hydrogens is 434 g/mol. The fourth-order valence-corrected chi connectivity index (χ4v) is 4.02. The van der Waals surface area contributed by atoms with E-state index in [1.165, 1.54) is 6.07 Å². The maximum absolute atomic E-state index is 12.7. The quantitative estimate of drug-likeness (QED) is 0.244. The Labute approximate surface area is 197 Å². The Hall–Kier alpha value is -4.20. The molecule has 3 aromatic carbocycles. The highest BCUT2D eigenvalue weighted by molar-refractivity contribution is 5.94. The molecule has 174 valence electrons. The second-order valence-corrected chi connectivity index (χ2v) is 8.12. The van der Waals surface area contributed by atoms with E-state index < -0.39 is 4.92 Å². The molecule has 0 atom stereocenters. The van der Waals surface area contributed by atoms with Crippen molar-refractivity contribution in [1.82, 2.24) is 5.32 Å². The molecule has 1 aliphatic rings. The van der Waals surface area contributed by atoms with Crippen LogP contribution in [0.2, 0.25) is 0 Å². The lowest BCUT2D eigenvalue weighted by atomic mass is 9.96. The number of para-hydroxylation sites is 2. The molecule has 0 aliphatic carbocycles. The predicted molar refractivity (Wildman–Crippen MR) is 128 cm³/mol. The van der Waals surface area contributed by atoms with E-state index in [0.717, 1.165) is 5.56 Å². The van der Waals surface area contributed by atoms with E-state index in [9.17, 15) is 19.7 Å². The molecular formula is C26H25N3O5. The summed E-state index contributed by atoms with van der Waals surface area (Å²) < 4.78 is 5.56. The normalized spacial score (nSPS) is 13.8. The van der Waals surface area contributed by atoms with E-state index in [1.54, 1.807) is 42.5 Å². The number of amides is 1. The number of rotatable bonds is 7. The number of nitrogens with zero attached hydrogens (tertiary/aromatic N) is 2. The van der Waals surface area contributed by atoms with Gasteiger partial charge in [0.05, 0.1) is 10.8 Å². The van der Waals surface area contributed by atoms with Crippen LogP contribution in [0.25, 0.3) is 0 Å². The molecule has 8 nitrogen and oxygen atoms in total. The Morgan fingerprint density at radius 3 is 2.41 bits per heavy atom. The van der Waals surface area contributed by atoms with Crippen molar-refractivity contribution in [2.75, 3.05) is 18.0 Å². The standard InChI is InChI=1S/C26H25N3O5/c30-25(27-18-19-7-2-1-3-8-19)21-9-6-10-22(17-21)34-26(31)20-13-15-28(16-14-20)23-11-4-5-12-24(23)29(32)33/h1-12,17,20H,13-16,18H2,(H,27,30). The zero-order chi connectivity index (χ0) is 23.9. The van der Waals surface area contributed by atoms with Gasteiger partial charge >= 0.3 is 5.97 Å². The van der Waals surface area contributed by atoms with Crippen molar-refractivity contribution in [3.8, 4) is 5.75 Å². The van der Waals surface area contributed by atoms with E-state index in [-0.39, 0.29) is 23.5 Å². The molecule has 1 heterocycles. The molecule has 34 heavy (non-hydrogen) atoms. The van der Waals surface area contributed by atoms with Gasteiger partial charge in [-0.25, -0.2) is 0 Å². The topological polar surface area (TPSA) is 102 Å². The molecule has 1 saturated heterocycles. The summed E-state index contributed by atoms with van der Waals surface area (Å²) in [6.45, 7) is 1.45. The van der Waals surface area contributed by atoms with Gasteiger partial charge in [-0.2, -0.15) is 0 Å². The molecule has 1 amide bonds. The zero-order valence-electron chi connectivity index (χ0n) is 18.6. The van der Waals surface area contributed by atoms with Crippen LogP contribution < -0.4 is 15.0 Å². The van der Waals surface area contributed by atoms with Crippen molar-refractivity contribution in [2.24, 2.45) is 5.92 Å². The molecule has 0 radical (unpaired) electrons. The first-order chi connectivity index (χ1) is 16.5. The van der Waals surface area contributed by atoms with Gasteiger partial charge in [0, 0.05) is 31.3 Å². The Bertz CT molecular complexity index is 1170. The number of benzene rings is 3. The molecule has 1 fully saturated rings. The summed E-state index contributed by atoms with van der Waals surface area (Å²) in [5.41, 5.74) is 2.03. The zero-order valence-corrected chi connectivity index (χ0v) is 18.6. The summed E-state index contributed by atoms with van der Waals surface area (Å²) in [7, 11) is 0. The third-order valence-corrected chi connectivity index (χ3v) is 5.86. The van der Waals surface area contributed by atoms with Gasteiger partial charge in [0.1, 0.15) is 11.4 Å². The number of anilines is 1. The SMILES string of the molecule is O=C(NCc1ccccc1)c1cccc(OC(=O)C2CCN(c3ccccc3[N+](=O)[O-])CC2)c1. The third kappa shape index (κ3) is 5.58. The number of hydrogen-bond acceptors (Lipinski definition) is 6. The molecule has 1 aliphatic heterocycles. The Kier molecular flexibility index (Phi) is 7.17. The number of hydrogen-bond donors (Lipinski definition) is 1. The van der Waals surface area contributed by atoms with Gasteiger partial charge in [-0.05, 0) is 42.7 Å². The van der Waals surface area contributed by atoms with Crippen molar-refractivity contribution < 1.29 is 19.2 Å². The number of nitro benzene ring substituents is 1. The van der Waals surface area contributed by atoms with Gasteiger partial charge in [-0.1, -0.05) is 48.5 Å². The molecule has 8 heteroatoms. The highest BCUT2D eigenvalue weighted by atomic mass is 16.6. The first-order valence-corrected chi connectivity index (χ1v) is 11.1. The minimum atomic E-state index is -0.390. The number of nitro groups is 1. The first kappa shape index (κ1) is 23.0. The van der Waals surface area contributed by atoms with Crippen LogP contribution in [-0.4, -0.2) is 29.9 Å². The van der Waals surface area contributed by atoms with Gasteiger partial charge in [-0.15, -0.1) is 0 Å². The molecule has 0 aromatic heterocycles. The summed E-state index contributed by atoms with van der Waals surface area (Å²) in [5, 5.41) is 14.2. The van der Waals surface area contributed by atoms with Crippen LogP contribution in [0.3, 0.4) is 0 Å². The summed E-state index contributed by atoms with van der Waals surface area (Å²) in [6, 6.07) is 22.8. The minimum absolute atomic E-state index is 0.0610. The van der Waals surface area contributed by atoms with Gasteiger partial charge in [0.2, 0.25) is 0 Å². The highest BCUT2D eigenvalue weighted by Crippen LogP contribution is 2.31. The fourth-order valence-electron chi connectivity index (χ4n) is 4.02. The van der Waals surface area contributed by atoms with E-state index >= 15 is 0 Å². The van der Waals surface area contributed by atoms with Crippen LogP contribution in [0.15, 0.2) is 78.9 Å². The lowest BCUT2D eigenvalue weighted by molar-refractivity contribution is -0.384. The number of esters is 1. The maximum atomic E-state index is 12.7. The fraction of sp³-hybridized carbons (Fsp3) is 0.231. The number of piperidine rings is 1. The van der Waals surface area contributed by atoms with Crippen LogP contribution in [-0.2, 0) is 11.3 Å². The van der Waals surface area contributed by atoms with Gasteiger partial charge in [0.25, 0.3) is 11.6 Å². The lowest BCUT2D eigenvalue weighted by Crippen LogP contribution is -2.38.